The molecule has 130 valence electrons. The molecule has 0 atom stereocenters. The first-order chi connectivity index (χ1) is 11.4. The van der Waals surface area contributed by atoms with E-state index in [1.54, 1.807) is 23.3 Å². The molecule has 2 N–H and O–H groups in total. The Balaban J connectivity index is 2.09. The van der Waals surface area contributed by atoms with Crippen LogP contribution in [0.2, 0.25) is 0 Å². The lowest BCUT2D eigenvalue weighted by Gasteiger charge is -2.08. The number of aryl methyl sites for hydroxylation is 1. The van der Waals surface area contributed by atoms with Crippen molar-refractivity contribution in [3.8, 4) is 0 Å². The molecule has 0 radical (unpaired) electrons. The summed E-state index contributed by atoms with van der Waals surface area (Å²) in [6.07, 6.45) is 4.96. The van der Waals surface area contributed by atoms with Gasteiger partial charge in [-0.25, -0.2) is 0 Å². The lowest BCUT2D eigenvalue weighted by molar-refractivity contribution is -0.116. The average Bonchev–Trinajstić information content (AvgIpc) is 3.11. The third kappa shape index (κ3) is 4.92. The number of amides is 2. The Morgan fingerprint density at radius 1 is 1.29 bits per heavy atom. The Bertz CT molecular complexity index is 721. The molecule has 2 rings (SSSR count). The van der Waals surface area contributed by atoms with Gasteiger partial charge < -0.3 is 10.6 Å². The van der Waals surface area contributed by atoms with Crippen LogP contribution >= 0.6 is 15.9 Å². The van der Waals surface area contributed by atoms with Gasteiger partial charge in [0.25, 0.3) is 5.91 Å². The molecule has 0 bridgehead atoms. The van der Waals surface area contributed by atoms with E-state index in [0.29, 0.717) is 24.7 Å². The molecule has 0 saturated carbocycles. The van der Waals surface area contributed by atoms with E-state index in [1.807, 2.05) is 20.8 Å². The number of nitrogens with one attached hydrogen (secondary N) is 2. The Morgan fingerprint density at radius 3 is 2.62 bits per heavy atom. The van der Waals surface area contributed by atoms with Crippen molar-refractivity contribution in [2.75, 3.05) is 11.9 Å². The van der Waals surface area contributed by atoms with Gasteiger partial charge in [-0.2, -0.15) is 10.2 Å². The molecule has 2 heterocycles. The Hall–Kier alpha value is -2.16. The van der Waals surface area contributed by atoms with E-state index >= 15 is 0 Å². The van der Waals surface area contributed by atoms with E-state index < -0.39 is 0 Å². The summed E-state index contributed by atoms with van der Waals surface area (Å²) in [7, 11) is 0. The molecular formula is C15H21BrN6O2. The molecule has 0 spiro atoms. The summed E-state index contributed by atoms with van der Waals surface area (Å²) >= 11 is 3.28. The largest absolute Gasteiger partial charge is 0.350 e. The van der Waals surface area contributed by atoms with Crippen LogP contribution < -0.4 is 10.6 Å². The minimum atomic E-state index is -0.298. The van der Waals surface area contributed by atoms with Crippen molar-refractivity contribution < 1.29 is 9.59 Å². The normalized spacial score (nSPS) is 10.9. The molecular weight excluding hydrogens is 376 g/mol. The zero-order valence-electron chi connectivity index (χ0n) is 13.9. The number of carbonyl (C=O) groups is 2. The van der Waals surface area contributed by atoms with E-state index in [4.69, 9.17) is 0 Å². The van der Waals surface area contributed by atoms with Gasteiger partial charge in [0.15, 0.2) is 5.69 Å². The van der Waals surface area contributed by atoms with Crippen molar-refractivity contribution in [3.05, 3.63) is 28.8 Å². The van der Waals surface area contributed by atoms with Crippen LogP contribution in [0.3, 0.4) is 0 Å². The maximum atomic E-state index is 12.3. The van der Waals surface area contributed by atoms with E-state index in [0.717, 1.165) is 4.47 Å². The van der Waals surface area contributed by atoms with E-state index in [-0.39, 0.29) is 24.1 Å². The number of aromatic nitrogens is 4. The highest BCUT2D eigenvalue weighted by atomic mass is 79.9. The summed E-state index contributed by atoms with van der Waals surface area (Å²) in [6, 6.07) is 0. The highest BCUT2D eigenvalue weighted by molar-refractivity contribution is 9.10. The predicted molar refractivity (Wildman–Crippen MR) is 93.6 cm³/mol. The maximum Gasteiger partial charge on any atom is 0.273 e. The van der Waals surface area contributed by atoms with Crippen LogP contribution in [-0.2, 0) is 17.9 Å². The molecule has 0 saturated heterocycles. The van der Waals surface area contributed by atoms with Gasteiger partial charge in [-0.15, -0.1) is 0 Å². The fraction of sp³-hybridized carbons (Fsp3) is 0.467. The number of hydrogen-bond acceptors (Lipinski definition) is 4. The van der Waals surface area contributed by atoms with Gasteiger partial charge in [-0.1, -0.05) is 13.8 Å². The van der Waals surface area contributed by atoms with Crippen molar-refractivity contribution >= 4 is 33.4 Å². The molecule has 0 aliphatic heterocycles. The Morgan fingerprint density at radius 2 is 2.04 bits per heavy atom. The van der Waals surface area contributed by atoms with Crippen molar-refractivity contribution in [2.45, 2.75) is 33.9 Å². The molecule has 2 aromatic heterocycles. The topological polar surface area (TPSA) is 93.8 Å². The van der Waals surface area contributed by atoms with Crippen LogP contribution in [0, 0.1) is 5.92 Å². The second-order valence-corrected chi connectivity index (χ2v) is 6.67. The molecule has 2 aromatic rings. The summed E-state index contributed by atoms with van der Waals surface area (Å²) in [5.41, 5.74) is 0.613. The lowest BCUT2D eigenvalue weighted by atomic mass is 10.2. The molecule has 0 aromatic carbocycles. The van der Waals surface area contributed by atoms with Gasteiger partial charge in [-0.05, 0) is 28.8 Å². The second-order valence-electron chi connectivity index (χ2n) is 5.76. The third-order valence-electron chi connectivity index (χ3n) is 3.15. The van der Waals surface area contributed by atoms with Crippen molar-refractivity contribution in [3.63, 3.8) is 0 Å². The van der Waals surface area contributed by atoms with Crippen LogP contribution in [0.1, 0.15) is 31.3 Å². The van der Waals surface area contributed by atoms with E-state index in [9.17, 15) is 9.59 Å². The SMILES string of the molecule is CCn1cc(NC(=O)Cn2cc(Br)cn2)c(C(=O)NCC(C)C)n1. The van der Waals surface area contributed by atoms with Gasteiger partial charge in [0.2, 0.25) is 5.91 Å². The maximum absolute atomic E-state index is 12.3. The van der Waals surface area contributed by atoms with Crippen LogP contribution in [0.15, 0.2) is 23.1 Å². The van der Waals surface area contributed by atoms with Crippen LogP contribution in [-0.4, -0.2) is 37.9 Å². The molecule has 9 heteroatoms. The first kappa shape index (κ1) is 18.2. The average molecular weight is 397 g/mol. The van der Waals surface area contributed by atoms with Crippen LogP contribution in [0.25, 0.3) is 0 Å². The highest BCUT2D eigenvalue weighted by Crippen LogP contribution is 2.14. The van der Waals surface area contributed by atoms with Gasteiger partial charge in [0, 0.05) is 25.5 Å². The molecule has 8 nitrogen and oxygen atoms in total. The highest BCUT2D eigenvalue weighted by Gasteiger charge is 2.18. The summed E-state index contributed by atoms with van der Waals surface area (Å²) in [5.74, 6) is -0.245. The molecule has 0 aliphatic carbocycles. The smallest absolute Gasteiger partial charge is 0.273 e. The summed E-state index contributed by atoms with van der Waals surface area (Å²) in [6.45, 7) is 7.14. The fourth-order valence-corrected chi connectivity index (χ4v) is 2.31. The number of rotatable bonds is 7. The van der Waals surface area contributed by atoms with Gasteiger partial charge in [-0.3, -0.25) is 19.0 Å². The van der Waals surface area contributed by atoms with Crippen LogP contribution in [0.4, 0.5) is 5.69 Å². The monoisotopic (exact) mass is 396 g/mol. The van der Waals surface area contributed by atoms with Crippen molar-refractivity contribution in [1.29, 1.82) is 0 Å². The van der Waals surface area contributed by atoms with Gasteiger partial charge in [0.05, 0.1) is 16.4 Å². The minimum Gasteiger partial charge on any atom is -0.350 e. The number of carbonyl (C=O) groups excluding carboxylic acids is 2. The first-order valence-electron chi connectivity index (χ1n) is 7.72. The summed E-state index contributed by atoms with van der Waals surface area (Å²) in [4.78, 5) is 24.5. The standard InChI is InChI=1S/C15H21BrN6O2/c1-4-21-8-12(14(20-21)15(24)17-5-10(2)3)19-13(23)9-22-7-11(16)6-18-22/h6-8,10H,4-5,9H2,1-3H3,(H,17,24)(H,19,23). The number of nitrogens with zero attached hydrogens (tertiary/aromatic N) is 4. The van der Waals surface area contributed by atoms with Crippen molar-refractivity contribution in [1.82, 2.24) is 24.9 Å². The number of anilines is 1. The predicted octanol–water partition coefficient (Wildman–Crippen LogP) is 1.89. The Kier molecular flexibility index (Phi) is 6.13. The lowest BCUT2D eigenvalue weighted by Crippen LogP contribution is -2.29. The molecule has 24 heavy (non-hydrogen) atoms. The summed E-state index contributed by atoms with van der Waals surface area (Å²) in [5, 5.41) is 13.8. The molecule has 0 fully saturated rings. The van der Waals surface area contributed by atoms with Crippen molar-refractivity contribution in [2.24, 2.45) is 5.92 Å². The summed E-state index contributed by atoms with van der Waals surface area (Å²) < 4.78 is 3.91. The Labute approximate surface area is 148 Å². The zero-order chi connectivity index (χ0) is 17.7. The quantitative estimate of drug-likeness (QED) is 0.746. The minimum absolute atomic E-state index is 0.0515. The van der Waals surface area contributed by atoms with Crippen LogP contribution in [0.5, 0.6) is 0 Å². The molecule has 2 amide bonds. The third-order valence-corrected chi connectivity index (χ3v) is 3.56. The molecule has 0 aliphatic rings. The van der Waals surface area contributed by atoms with E-state index in [1.165, 1.54) is 4.68 Å². The first-order valence-corrected chi connectivity index (χ1v) is 8.51. The number of hydrogen-bond donors (Lipinski definition) is 2. The van der Waals surface area contributed by atoms with Gasteiger partial charge >= 0.3 is 0 Å². The fourth-order valence-electron chi connectivity index (χ4n) is 1.98. The second kappa shape index (κ2) is 8.09. The molecule has 0 unspecified atom stereocenters. The van der Waals surface area contributed by atoms with Gasteiger partial charge in [0.1, 0.15) is 6.54 Å². The zero-order valence-corrected chi connectivity index (χ0v) is 15.5. The number of halogens is 1. The van der Waals surface area contributed by atoms with E-state index in [2.05, 4.69) is 36.8 Å².